The number of urea groups is 1. The number of rotatable bonds is 5. The van der Waals surface area contributed by atoms with Gasteiger partial charge in [-0.3, -0.25) is 4.90 Å². The lowest BCUT2D eigenvalue weighted by Gasteiger charge is -2.32. The lowest BCUT2D eigenvalue weighted by atomic mass is 10.1. The van der Waals surface area contributed by atoms with E-state index in [0.717, 1.165) is 13.1 Å². The highest BCUT2D eigenvalue weighted by molar-refractivity contribution is 7.10. The lowest BCUT2D eigenvalue weighted by Crippen LogP contribution is -2.45. The number of nitrogens with zero attached hydrogens (tertiary/aromatic N) is 1. The summed E-state index contributed by atoms with van der Waals surface area (Å²) in [5, 5.41) is 7.86. The fraction of sp³-hybridized carbons (Fsp3) is 0.389. The Morgan fingerprint density at radius 3 is 2.54 bits per heavy atom. The van der Waals surface area contributed by atoms with Crippen LogP contribution in [0.2, 0.25) is 0 Å². The summed E-state index contributed by atoms with van der Waals surface area (Å²) in [5.41, 5.74) is 0.579. The zero-order chi connectivity index (χ0) is 16.9. The van der Waals surface area contributed by atoms with Crippen molar-refractivity contribution in [2.75, 3.05) is 18.4 Å². The monoisotopic (exact) mass is 347 g/mol. The first-order valence-electron chi connectivity index (χ1n) is 8.24. The summed E-state index contributed by atoms with van der Waals surface area (Å²) in [6, 6.07) is 9.84. The molecule has 0 bridgehead atoms. The second-order valence-corrected chi connectivity index (χ2v) is 7.08. The largest absolute Gasteiger partial charge is 0.333 e. The molecule has 2 heterocycles. The molecule has 24 heavy (non-hydrogen) atoms. The van der Waals surface area contributed by atoms with Gasteiger partial charge in [-0.25, -0.2) is 9.18 Å². The first-order chi connectivity index (χ1) is 11.6. The fourth-order valence-corrected chi connectivity index (χ4v) is 4.17. The Labute approximate surface area is 145 Å². The molecule has 1 aliphatic rings. The second kappa shape index (κ2) is 7.77. The third-order valence-electron chi connectivity index (χ3n) is 4.30. The molecular weight excluding hydrogens is 325 g/mol. The molecule has 2 amide bonds. The van der Waals surface area contributed by atoms with Crippen molar-refractivity contribution < 1.29 is 9.18 Å². The van der Waals surface area contributed by atoms with Crippen LogP contribution in [0.5, 0.6) is 0 Å². The number of likely N-dealkylation sites (tertiary alicyclic amines) is 1. The van der Waals surface area contributed by atoms with Crippen LogP contribution >= 0.6 is 11.3 Å². The third kappa shape index (κ3) is 4.13. The van der Waals surface area contributed by atoms with Crippen molar-refractivity contribution in [1.82, 2.24) is 10.2 Å². The van der Waals surface area contributed by atoms with E-state index in [2.05, 4.69) is 27.0 Å². The Hall–Kier alpha value is -1.92. The molecule has 0 saturated carbocycles. The molecule has 1 aromatic heterocycles. The van der Waals surface area contributed by atoms with Gasteiger partial charge in [-0.1, -0.05) is 6.07 Å². The molecule has 1 aliphatic heterocycles. The number of halogens is 1. The van der Waals surface area contributed by atoms with Crippen LogP contribution in [0.25, 0.3) is 0 Å². The van der Waals surface area contributed by atoms with E-state index in [1.54, 1.807) is 23.5 Å². The van der Waals surface area contributed by atoms with Gasteiger partial charge in [0, 0.05) is 16.6 Å². The van der Waals surface area contributed by atoms with E-state index in [1.165, 1.54) is 29.9 Å². The summed E-state index contributed by atoms with van der Waals surface area (Å²) < 4.78 is 12.9. The summed E-state index contributed by atoms with van der Waals surface area (Å²) >= 11 is 1.72. The minimum atomic E-state index is -0.318. The van der Waals surface area contributed by atoms with E-state index in [1.807, 2.05) is 13.0 Å². The van der Waals surface area contributed by atoms with Crippen molar-refractivity contribution >= 4 is 23.1 Å². The van der Waals surface area contributed by atoms with E-state index in [4.69, 9.17) is 0 Å². The Morgan fingerprint density at radius 2 is 1.92 bits per heavy atom. The molecule has 2 atom stereocenters. The zero-order valence-corrected chi connectivity index (χ0v) is 14.5. The number of carbonyl (C=O) groups excluding carboxylic acids is 1. The van der Waals surface area contributed by atoms with Crippen LogP contribution in [0.1, 0.15) is 30.7 Å². The van der Waals surface area contributed by atoms with Crippen LogP contribution in [0.3, 0.4) is 0 Å². The van der Waals surface area contributed by atoms with E-state index in [0.29, 0.717) is 5.69 Å². The topological polar surface area (TPSA) is 44.4 Å². The van der Waals surface area contributed by atoms with Crippen LogP contribution in [0, 0.1) is 5.82 Å². The minimum Gasteiger partial charge on any atom is -0.333 e. The van der Waals surface area contributed by atoms with Gasteiger partial charge in [-0.15, -0.1) is 11.3 Å². The molecule has 128 valence electrons. The smallest absolute Gasteiger partial charge is 0.319 e. The number of benzene rings is 1. The first kappa shape index (κ1) is 16.9. The maximum absolute atomic E-state index is 12.9. The molecule has 6 heteroatoms. The van der Waals surface area contributed by atoms with E-state index in [9.17, 15) is 9.18 Å². The molecule has 1 fully saturated rings. The van der Waals surface area contributed by atoms with Crippen molar-refractivity contribution in [3.8, 4) is 0 Å². The molecule has 0 unspecified atom stereocenters. The number of amides is 2. The highest BCUT2D eigenvalue weighted by Gasteiger charge is 2.29. The van der Waals surface area contributed by atoms with Gasteiger partial charge in [0.15, 0.2) is 0 Å². The maximum Gasteiger partial charge on any atom is 0.319 e. The second-order valence-electron chi connectivity index (χ2n) is 6.10. The summed E-state index contributed by atoms with van der Waals surface area (Å²) in [7, 11) is 0. The minimum absolute atomic E-state index is 0.0257. The Kier molecular flexibility index (Phi) is 5.48. The average Bonchev–Trinajstić information content (AvgIpc) is 3.24. The van der Waals surface area contributed by atoms with Crippen LogP contribution in [-0.2, 0) is 0 Å². The van der Waals surface area contributed by atoms with Crippen LogP contribution < -0.4 is 10.6 Å². The highest BCUT2D eigenvalue weighted by atomic mass is 32.1. The summed E-state index contributed by atoms with van der Waals surface area (Å²) in [5.74, 6) is -0.318. The molecule has 2 aromatic rings. The first-order valence-corrected chi connectivity index (χ1v) is 9.12. The van der Waals surface area contributed by atoms with Crippen molar-refractivity contribution in [1.29, 1.82) is 0 Å². The van der Waals surface area contributed by atoms with Crippen molar-refractivity contribution in [2.24, 2.45) is 0 Å². The van der Waals surface area contributed by atoms with Gasteiger partial charge in [0.2, 0.25) is 0 Å². The molecule has 4 nitrogen and oxygen atoms in total. The molecule has 1 aromatic carbocycles. The molecule has 2 N–H and O–H groups in total. The SMILES string of the molecule is C[C@H](NC(=O)Nc1ccc(F)cc1)[C@H](c1cccs1)N1CCCC1. The Morgan fingerprint density at radius 1 is 1.21 bits per heavy atom. The Balaban J connectivity index is 1.65. The van der Waals surface area contributed by atoms with Crippen molar-refractivity contribution in [3.63, 3.8) is 0 Å². The standard InChI is InChI=1S/C18H22FN3OS/c1-13(20-18(23)21-15-8-6-14(19)7-9-15)17(16-5-4-12-24-16)22-10-2-3-11-22/h4-9,12-13,17H,2-3,10-11H2,1H3,(H2,20,21,23)/t13-,17+/m0/s1. The van der Waals surface area contributed by atoms with Gasteiger partial charge >= 0.3 is 6.03 Å². The van der Waals surface area contributed by atoms with Crippen molar-refractivity contribution in [3.05, 3.63) is 52.5 Å². The number of nitrogens with one attached hydrogen (secondary N) is 2. The molecule has 0 radical (unpaired) electrons. The molecule has 1 saturated heterocycles. The van der Waals surface area contributed by atoms with E-state index in [-0.39, 0.29) is 23.9 Å². The average molecular weight is 347 g/mol. The number of anilines is 1. The van der Waals surface area contributed by atoms with E-state index < -0.39 is 0 Å². The molecule has 0 spiro atoms. The van der Waals surface area contributed by atoms with Gasteiger partial charge in [-0.05, 0) is 68.6 Å². The fourth-order valence-electron chi connectivity index (χ4n) is 3.21. The molecule has 0 aliphatic carbocycles. The Bertz CT molecular complexity index is 653. The van der Waals surface area contributed by atoms with Crippen molar-refractivity contribution in [2.45, 2.75) is 31.8 Å². The van der Waals surface area contributed by atoms with Gasteiger partial charge < -0.3 is 10.6 Å². The summed E-state index contributed by atoms with van der Waals surface area (Å²) in [6.07, 6.45) is 2.41. The summed E-state index contributed by atoms with van der Waals surface area (Å²) in [6.45, 7) is 4.16. The van der Waals surface area contributed by atoms with E-state index >= 15 is 0 Å². The zero-order valence-electron chi connectivity index (χ0n) is 13.7. The lowest BCUT2D eigenvalue weighted by molar-refractivity contribution is 0.200. The third-order valence-corrected chi connectivity index (χ3v) is 5.25. The van der Waals surface area contributed by atoms with Crippen LogP contribution in [0.15, 0.2) is 41.8 Å². The normalized spacial score (nSPS) is 17.4. The molecular formula is C18H22FN3OS. The number of thiophene rings is 1. The van der Waals surface area contributed by atoms with Gasteiger partial charge in [-0.2, -0.15) is 0 Å². The molecule has 3 rings (SSSR count). The predicted molar refractivity (Wildman–Crippen MR) is 95.9 cm³/mol. The summed E-state index contributed by atoms with van der Waals surface area (Å²) in [4.78, 5) is 16.0. The number of hydrogen-bond donors (Lipinski definition) is 2. The van der Waals surface area contributed by atoms with Gasteiger partial charge in [0.1, 0.15) is 5.82 Å². The highest BCUT2D eigenvalue weighted by Crippen LogP contribution is 2.31. The quantitative estimate of drug-likeness (QED) is 0.850. The number of hydrogen-bond acceptors (Lipinski definition) is 3. The van der Waals surface area contributed by atoms with Crippen LogP contribution in [-0.4, -0.2) is 30.1 Å². The van der Waals surface area contributed by atoms with Crippen LogP contribution in [0.4, 0.5) is 14.9 Å². The predicted octanol–water partition coefficient (Wildman–Crippen LogP) is 4.23. The number of carbonyl (C=O) groups is 1. The van der Waals surface area contributed by atoms with Gasteiger partial charge in [0.05, 0.1) is 6.04 Å². The van der Waals surface area contributed by atoms with Gasteiger partial charge in [0.25, 0.3) is 0 Å². The maximum atomic E-state index is 12.9.